The lowest BCUT2D eigenvalue weighted by molar-refractivity contribution is -0.122. The predicted molar refractivity (Wildman–Crippen MR) is 70.0 cm³/mol. The van der Waals surface area contributed by atoms with Crippen LogP contribution in [0.25, 0.3) is 0 Å². The summed E-state index contributed by atoms with van der Waals surface area (Å²) < 4.78 is 0. The molecular weight excluding hydrogens is 228 g/mol. The van der Waals surface area contributed by atoms with E-state index in [1.54, 1.807) is 0 Å². The molecule has 1 aromatic rings. The van der Waals surface area contributed by atoms with E-state index in [4.69, 9.17) is 0 Å². The van der Waals surface area contributed by atoms with E-state index in [-0.39, 0.29) is 17.2 Å². The summed E-state index contributed by atoms with van der Waals surface area (Å²) in [5.41, 5.74) is 0.977. The zero-order valence-corrected chi connectivity index (χ0v) is 11.6. The van der Waals surface area contributed by atoms with Crippen LogP contribution >= 0.6 is 0 Å². The Morgan fingerprint density at radius 3 is 2.67 bits per heavy atom. The standard InChI is InChI=1S/C13H22N4O/c1-8-5-10(7-13(3,4)6-8)12(18)14-11-9(2)15-17-16-11/h8,10H,5-7H2,1-4H3,(H2,14,15,16,17,18). The fourth-order valence-electron chi connectivity index (χ4n) is 3.17. The Morgan fingerprint density at radius 2 is 2.11 bits per heavy atom. The number of H-pyrrole nitrogens is 1. The van der Waals surface area contributed by atoms with Gasteiger partial charge in [-0.1, -0.05) is 20.8 Å². The molecule has 0 aromatic carbocycles. The fourth-order valence-corrected chi connectivity index (χ4v) is 3.17. The van der Waals surface area contributed by atoms with Gasteiger partial charge >= 0.3 is 0 Å². The molecule has 0 bridgehead atoms. The lowest BCUT2D eigenvalue weighted by atomic mass is 9.68. The second kappa shape index (κ2) is 4.71. The number of aromatic nitrogens is 3. The Labute approximate surface area is 108 Å². The Bertz CT molecular complexity index is 438. The number of hydrogen-bond donors (Lipinski definition) is 2. The number of anilines is 1. The van der Waals surface area contributed by atoms with Gasteiger partial charge in [-0.25, -0.2) is 0 Å². The minimum absolute atomic E-state index is 0.0756. The van der Waals surface area contributed by atoms with E-state index in [2.05, 4.69) is 41.5 Å². The van der Waals surface area contributed by atoms with Crippen molar-refractivity contribution in [3.8, 4) is 0 Å². The van der Waals surface area contributed by atoms with Crippen LogP contribution in [0.3, 0.4) is 0 Å². The molecule has 5 nitrogen and oxygen atoms in total. The van der Waals surface area contributed by atoms with Crippen molar-refractivity contribution in [2.75, 3.05) is 5.32 Å². The molecule has 2 unspecified atom stereocenters. The molecule has 0 saturated heterocycles. The number of amides is 1. The molecule has 1 aliphatic rings. The first kappa shape index (κ1) is 13.1. The molecule has 0 radical (unpaired) electrons. The van der Waals surface area contributed by atoms with Gasteiger partial charge in [0, 0.05) is 5.92 Å². The van der Waals surface area contributed by atoms with Gasteiger partial charge < -0.3 is 5.32 Å². The molecular formula is C13H22N4O. The lowest BCUT2D eigenvalue weighted by Crippen LogP contribution is -2.35. The van der Waals surface area contributed by atoms with Crippen LogP contribution in [-0.4, -0.2) is 21.3 Å². The highest BCUT2D eigenvalue weighted by Gasteiger charge is 2.35. The molecule has 2 N–H and O–H groups in total. The van der Waals surface area contributed by atoms with Crippen LogP contribution in [0.5, 0.6) is 0 Å². The summed E-state index contributed by atoms with van der Waals surface area (Å²) in [5, 5.41) is 13.2. The average molecular weight is 250 g/mol. The second-order valence-corrected chi connectivity index (χ2v) is 6.36. The molecule has 100 valence electrons. The molecule has 18 heavy (non-hydrogen) atoms. The van der Waals surface area contributed by atoms with E-state index in [0.29, 0.717) is 11.7 Å². The van der Waals surface area contributed by atoms with Crippen LogP contribution in [0.4, 0.5) is 5.82 Å². The van der Waals surface area contributed by atoms with Gasteiger partial charge in [0.05, 0.1) is 0 Å². The van der Waals surface area contributed by atoms with Crippen LogP contribution in [0, 0.1) is 24.2 Å². The normalized spacial score (nSPS) is 26.9. The molecule has 2 rings (SSSR count). The quantitative estimate of drug-likeness (QED) is 0.847. The highest BCUT2D eigenvalue weighted by molar-refractivity contribution is 5.92. The molecule has 5 heteroatoms. The number of hydrogen-bond acceptors (Lipinski definition) is 3. The van der Waals surface area contributed by atoms with Gasteiger partial charge in [0.1, 0.15) is 5.69 Å². The summed E-state index contributed by atoms with van der Waals surface area (Å²) in [4.78, 5) is 12.3. The van der Waals surface area contributed by atoms with Crippen molar-refractivity contribution in [2.45, 2.75) is 47.0 Å². The number of carbonyl (C=O) groups excluding carboxylic acids is 1. The summed E-state index contributed by atoms with van der Waals surface area (Å²) in [6.45, 7) is 8.53. The van der Waals surface area contributed by atoms with Gasteiger partial charge in [-0.05, 0) is 37.5 Å². The van der Waals surface area contributed by atoms with Gasteiger partial charge in [-0.15, -0.1) is 5.10 Å². The van der Waals surface area contributed by atoms with Gasteiger partial charge in [0.15, 0.2) is 5.82 Å². The van der Waals surface area contributed by atoms with Crippen LogP contribution in [-0.2, 0) is 4.79 Å². The zero-order chi connectivity index (χ0) is 13.3. The van der Waals surface area contributed by atoms with E-state index in [1.165, 1.54) is 6.42 Å². The fraction of sp³-hybridized carbons (Fsp3) is 0.769. The molecule has 1 aliphatic carbocycles. The third-order valence-electron chi connectivity index (χ3n) is 3.72. The Morgan fingerprint density at radius 1 is 1.39 bits per heavy atom. The number of nitrogens with zero attached hydrogens (tertiary/aromatic N) is 2. The van der Waals surface area contributed by atoms with Crippen molar-refractivity contribution in [2.24, 2.45) is 17.3 Å². The molecule has 0 aliphatic heterocycles. The minimum Gasteiger partial charge on any atom is -0.307 e. The first-order valence-corrected chi connectivity index (χ1v) is 6.55. The molecule has 2 atom stereocenters. The average Bonchev–Trinajstić information content (AvgIpc) is 2.61. The van der Waals surface area contributed by atoms with Crippen molar-refractivity contribution in [1.29, 1.82) is 0 Å². The summed E-state index contributed by atoms with van der Waals surface area (Å²) in [7, 11) is 0. The second-order valence-electron chi connectivity index (χ2n) is 6.36. The summed E-state index contributed by atoms with van der Waals surface area (Å²) >= 11 is 0. The number of aromatic amines is 1. The van der Waals surface area contributed by atoms with E-state index in [0.717, 1.165) is 18.5 Å². The molecule has 1 aromatic heterocycles. The van der Waals surface area contributed by atoms with Crippen molar-refractivity contribution in [3.63, 3.8) is 0 Å². The molecule has 0 spiro atoms. The monoisotopic (exact) mass is 250 g/mol. The van der Waals surface area contributed by atoms with E-state index in [1.807, 2.05) is 6.92 Å². The van der Waals surface area contributed by atoms with Gasteiger partial charge in [0.2, 0.25) is 5.91 Å². The predicted octanol–water partition coefficient (Wildman–Crippen LogP) is 2.51. The lowest BCUT2D eigenvalue weighted by Gasteiger charge is -2.38. The SMILES string of the molecule is Cc1n[nH]nc1NC(=O)C1CC(C)CC(C)(C)C1. The van der Waals surface area contributed by atoms with Crippen LogP contribution in [0.2, 0.25) is 0 Å². The van der Waals surface area contributed by atoms with Crippen molar-refractivity contribution in [3.05, 3.63) is 5.69 Å². The Balaban J connectivity index is 2.03. The highest BCUT2D eigenvalue weighted by Crippen LogP contribution is 2.41. The van der Waals surface area contributed by atoms with E-state index in [9.17, 15) is 4.79 Å². The third kappa shape index (κ3) is 2.89. The summed E-state index contributed by atoms with van der Waals surface area (Å²) in [5.74, 6) is 1.31. The number of aryl methyl sites for hydroxylation is 1. The van der Waals surface area contributed by atoms with Gasteiger partial charge in [-0.2, -0.15) is 10.3 Å². The molecule has 1 heterocycles. The maximum atomic E-state index is 12.3. The van der Waals surface area contributed by atoms with Gasteiger partial charge in [-0.3, -0.25) is 4.79 Å². The zero-order valence-electron chi connectivity index (χ0n) is 11.6. The highest BCUT2D eigenvalue weighted by atomic mass is 16.2. The van der Waals surface area contributed by atoms with Crippen LogP contribution < -0.4 is 5.32 Å². The first-order chi connectivity index (χ1) is 8.37. The summed E-state index contributed by atoms with van der Waals surface area (Å²) in [6.07, 6.45) is 3.10. The Hall–Kier alpha value is -1.39. The van der Waals surface area contributed by atoms with Crippen LogP contribution in [0.1, 0.15) is 45.7 Å². The third-order valence-corrected chi connectivity index (χ3v) is 3.72. The number of nitrogens with one attached hydrogen (secondary N) is 2. The van der Waals surface area contributed by atoms with Crippen molar-refractivity contribution >= 4 is 11.7 Å². The maximum absolute atomic E-state index is 12.3. The van der Waals surface area contributed by atoms with E-state index >= 15 is 0 Å². The number of rotatable bonds is 2. The molecule has 1 amide bonds. The van der Waals surface area contributed by atoms with Crippen molar-refractivity contribution in [1.82, 2.24) is 15.4 Å². The molecule has 1 saturated carbocycles. The number of carbonyl (C=O) groups is 1. The minimum atomic E-state index is 0.0756. The maximum Gasteiger partial charge on any atom is 0.228 e. The smallest absolute Gasteiger partial charge is 0.228 e. The Kier molecular flexibility index (Phi) is 3.41. The van der Waals surface area contributed by atoms with E-state index < -0.39 is 0 Å². The summed E-state index contributed by atoms with van der Waals surface area (Å²) in [6, 6.07) is 0. The molecule has 1 fully saturated rings. The van der Waals surface area contributed by atoms with Gasteiger partial charge in [0.25, 0.3) is 0 Å². The first-order valence-electron chi connectivity index (χ1n) is 6.55. The largest absolute Gasteiger partial charge is 0.307 e. The van der Waals surface area contributed by atoms with Crippen molar-refractivity contribution < 1.29 is 4.79 Å². The topological polar surface area (TPSA) is 70.7 Å². The van der Waals surface area contributed by atoms with Crippen LogP contribution in [0.15, 0.2) is 0 Å².